The van der Waals surface area contributed by atoms with E-state index in [9.17, 15) is 14.4 Å². The van der Waals surface area contributed by atoms with E-state index >= 15 is 0 Å². The van der Waals surface area contributed by atoms with E-state index in [0.717, 1.165) is 6.42 Å². The first-order chi connectivity index (χ1) is 18.3. The summed E-state index contributed by atoms with van der Waals surface area (Å²) in [6.07, 6.45) is 0.966. The Balaban J connectivity index is 2.09. The molecule has 0 aromatic heterocycles. The molecule has 1 aromatic rings. The molecule has 39 heavy (non-hydrogen) atoms. The number of carbonyl (C=O) groups is 3. The highest BCUT2D eigenvalue weighted by Gasteiger charge is 2.42. The molecule has 1 fully saturated rings. The molecule has 0 aliphatic carbocycles. The molecular weight excluding hydrogens is 500 g/mol. The summed E-state index contributed by atoms with van der Waals surface area (Å²) < 4.78 is 22.0. The van der Waals surface area contributed by atoms with Gasteiger partial charge in [0.15, 0.2) is 0 Å². The summed E-state index contributed by atoms with van der Waals surface area (Å²) in [5, 5.41) is 5.92. The van der Waals surface area contributed by atoms with Gasteiger partial charge >= 0.3 is 12.1 Å². The Morgan fingerprint density at radius 2 is 1.85 bits per heavy atom. The Labute approximate surface area is 233 Å². The van der Waals surface area contributed by atoms with Crippen LogP contribution in [0.25, 0.3) is 0 Å². The lowest BCUT2D eigenvalue weighted by molar-refractivity contribution is -0.146. The van der Waals surface area contributed by atoms with Crippen LogP contribution >= 0.6 is 0 Å². The molecule has 1 aliphatic heterocycles. The van der Waals surface area contributed by atoms with Gasteiger partial charge in [-0.1, -0.05) is 33.8 Å². The fourth-order valence-corrected chi connectivity index (χ4v) is 4.61. The van der Waals surface area contributed by atoms with Gasteiger partial charge in [0.2, 0.25) is 5.91 Å². The van der Waals surface area contributed by atoms with E-state index in [0.29, 0.717) is 37.5 Å². The van der Waals surface area contributed by atoms with Gasteiger partial charge in [0.25, 0.3) is 0 Å². The lowest BCUT2D eigenvalue weighted by Crippen LogP contribution is -2.47. The number of anilines is 1. The normalized spacial score (nSPS) is 19.0. The van der Waals surface area contributed by atoms with E-state index in [1.165, 1.54) is 0 Å². The Morgan fingerprint density at radius 1 is 1.13 bits per heavy atom. The molecule has 220 valence electrons. The zero-order valence-electron chi connectivity index (χ0n) is 24.9. The molecule has 2 N–H and O–H groups in total. The Kier molecular flexibility index (Phi) is 12.5. The Hall–Kier alpha value is -2.81. The molecule has 1 heterocycles. The summed E-state index contributed by atoms with van der Waals surface area (Å²) in [6, 6.07) is 6.82. The second-order valence-electron chi connectivity index (χ2n) is 12.0. The van der Waals surface area contributed by atoms with Crippen LogP contribution in [0, 0.1) is 23.7 Å². The van der Waals surface area contributed by atoms with Gasteiger partial charge in [-0.25, -0.2) is 4.79 Å². The summed E-state index contributed by atoms with van der Waals surface area (Å²) >= 11 is 0. The van der Waals surface area contributed by atoms with E-state index in [2.05, 4.69) is 24.5 Å². The quantitative estimate of drug-likeness (QED) is 0.231. The van der Waals surface area contributed by atoms with E-state index in [1.807, 2.05) is 32.0 Å². The minimum atomic E-state index is -0.666. The number of hydrogen-bond donors (Lipinski definition) is 2. The van der Waals surface area contributed by atoms with Crippen LogP contribution in [-0.4, -0.2) is 56.0 Å². The number of cyclic esters (lactones) is 1. The van der Waals surface area contributed by atoms with Crippen molar-refractivity contribution in [2.24, 2.45) is 23.7 Å². The minimum absolute atomic E-state index is 0.0739. The van der Waals surface area contributed by atoms with Crippen molar-refractivity contribution in [3.05, 3.63) is 24.3 Å². The molecule has 4 atom stereocenters. The predicted octanol–water partition coefficient (Wildman–Crippen LogP) is 5.57. The number of benzene rings is 1. The summed E-state index contributed by atoms with van der Waals surface area (Å²) in [5.74, 6) is 0.286. The van der Waals surface area contributed by atoms with Crippen molar-refractivity contribution in [3.8, 4) is 5.75 Å². The zero-order chi connectivity index (χ0) is 29.2. The molecule has 0 radical (unpaired) electrons. The van der Waals surface area contributed by atoms with E-state index in [-0.39, 0.29) is 42.0 Å². The summed E-state index contributed by atoms with van der Waals surface area (Å²) in [7, 11) is 1.65. The number of methoxy groups -OCH3 is 1. The van der Waals surface area contributed by atoms with E-state index < -0.39 is 23.8 Å². The van der Waals surface area contributed by atoms with Gasteiger partial charge in [0, 0.05) is 38.3 Å². The number of nitrogens with one attached hydrogen (secondary N) is 2. The fraction of sp³-hybridized carbons (Fsp3) is 0.700. The molecule has 0 spiro atoms. The molecule has 2 rings (SSSR count). The molecule has 0 unspecified atom stereocenters. The van der Waals surface area contributed by atoms with Crippen LogP contribution in [0.3, 0.4) is 0 Å². The standard InChI is InChI=1S/C30H48N2O7/c1-19(2)21(16-27(33)31-22-11-9-12-23(17-22)37-14-10-13-36-8)15-25(32-29(35)39-30(5,6)7)26-18-24(20(3)4)28(34)38-26/h9,11-12,17,19-21,24-26H,10,13-16,18H2,1-8H3,(H,31,33)(H,32,35)/t21-,24+,25+,26-/m1/s1. The van der Waals surface area contributed by atoms with Gasteiger partial charge in [-0.2, -0.15) is 0 Å². The largest absolute Gasteiger partial charge is 0.493 e. The topological polar surface area (TPSA) is 112 Å². The highest BCUT2D eigenvalue weighted by atomic mass is 16.6. The van der Waals surface area contributed by atoms with Crippen LogP contribution in [0.2, 0.25) is 0 Å². The highest BCUT2D eigenvalue weighted by molar-refractivity contribution is 5.91. The second kappa shape index (κ2) is 15.1. The number of alkyl carbamates (subject to hydrolysis) is 1. The van der Waals surface area contributed by atoms with E-state index in [4.69, 9.17) is 18.9 Å². The maximum atomic E-state index is 13.1. The number of hydrogen-bond acceptors (Lipinski definition) is 7. The van der Waals surface area contributed by atoms with E-state index in [1.54, 1.807) is 33.9 Å². The molecule has 2 amide bonds. The maximum absolute atomic E-state index is 13.1. The molecule has 0 saturated carbocycles. The first kappa shape index (κ1) is 32.4. The summed E-state index contributed by atoms with van der Waals surface area (Å²) in [6.45, 7) is 14.6. The van der Waals surface area contributed by atoms with Gasteiger partial charge in [-0.15, -0.1) is 0 Å². The van der Waals surface area contributed by atoms with Crippen molar-refractivity contribution in [3.63, 3.8) is 0 Å². The van der Waals surface area contributed by atoms with Crippen molar-refractivity contribution < 1.29 is 33.3 Å². The third-order valence-electron chi connectivity index (χ3n) is 6.84. The Morgan fingerprint density at radius 3 is 2.44 bits per heavy atom. The number of rotatable bonds is 14. The summed E-state index contributed by atoms with van der Waals surface area (Å²) in [4.78, 5) is 38.3. The Bertz CT molecular complexity index is 941. The molecule has 0 bridgehead atoms. The molecular formula is C30H48N2O7. The number of carbonyl (C=O) groups excluding carboxylic acids is 3. The second-order valence-corrected chi connectivity index (χ2v) is 12.0. The average molecular weight is 549 g/mol. The number of amides is 2. The first-order valence-corrected chi connectivity index (χ1v) is 14.0. The van der Waals surface area contributed by atoms with Crippen molar-refractivity contribution >= 4 is 23.7 Å². The van der Waals surface area contributed by atoms with Gasteiger partial charge in [-0.05, 0) is 63.5 Å². The van der Waals surface area contributed by atoms with Crippen molar-refractivity contribution in [1.29, 1.82) is 0 Å². The zero-order valence-corrected chi connectivity index (χ0v) is 24.9. The van der Waals surface area contributed by atoms with Crippen LogP contribution in [0.4, 0.5) is 10.5 Å². The molecule has 1 aromatic carbocycles. The monoisotopic (exact) mass is 548 g/mol. The van der Waals surface area contributed by atoms with Crippen LogP contribution in [0.15, 0.2) is 24.3 Å². The third-order valence-corrected chi connectivity index (χ3v) is 6.84. The van der Waals surface area contributed by atoms with Crippen LogP contribution in [0.5, 0.6) is 5.75 Å². The SMILES string of the molecule is COCCCOc1cccc(NC(=O)C[C@@H](C[C@H](NC(=O)OC(C)(C)C)[C@H]2C[C@@H](C(C)C)C(=O)O2)C(C)C)c1. The third kappa shape index (κ3) is 11.4. The maximum Gasteiger partial charge on any atom is 0.408 e. The van der Waals surface area contributed by atoms with Crippen molar-refractivity contribution in [2.75, 3.05) is 25.6 Å². The number of esters is 1. The number of ether oxygens (including phenoxy) is 4. The smallest absolute Gasteiger partial charge is 0.408 e. The highest BCUT2D eigenvalue weighted by Crippen LogP contribution is 2.33. The average Bonchev–Trinajstić information content (AvgIpc) is 3.21. The van der Waals surface area contributed by atoms with Crippen molar-refractivity contribution in [1.82, 2.24) is 5.32 Å². The minimum Gasteiger partial charge on any atom is -0.493 e. The summed E-state index contributed by atoms with van der Waals surface area (Å²) in [5.41, 5.74) is -0.0134. The lowest BCUT2D eigenvalue weighted by Gasteiger charge is -2.30. The van der Waals surface area contributed by atoms with Crippen molar-refractivity contribution in [2.45, 2.75) is 91.9 Å². The molecule has 9 nitrogen and oxygen atoms in total. The van der Waals surface area contributed by atoms with Gasteiger partial charge < -0.3 is 29.6 Å². The van der Waals surface area contributed by atoms with Gasteiger partial charge in [0.05, 0.1) is 18.6 Å². The predicted molar refractivity (Wildman–Crippen MR) is 151 cm³/mol. The molecule has 9 heteroatoms. The molecule has 1 saturated heterocycles. The lowest BCUT2D eigenvalue weighted by atomic mass is 9.83. The van der Waals surface area contributed by atoms with Gasteiger partial charge in [0.1, 0.15) is 17.5 Å². The van der Waals surface area contributed by atoms with Crippen LogP contribution in [-0.2, 0) is 23.8 Å². The van der Waals surface area contributed by atoms with Crippen LogP contribution in [0.1, 0.15) is 74.1 Å². The first-order valence-electron chi connectivity index (χ1n) is 14.0. The molecule has 1 aliphatic rings. The fourth-order valence-electron chi connectivity index (χ4n) is 4.61. The van der Waals surface area contributed by atoms with Crippen LogP contribution < -0.4 is 15.4 Å². The van der Waals surface area contributed by atoms with Gasteiger partial charge in [-0.3, -0.25) is 9.59 Å².